The number of carboxylic acid groups (broad SMARTS) is 1. The number of carbonyl (C=O) groups is 3. The molecule has 3 N–H and O–H groups in total. The van der Waals surface area contributed by atoms with Crippen LogP contribution in [0.4, 0.5) is 4.79 Å². The highest BCUT2D eigenvalue weighted by Crippen LogP contribution is 2.18. The van der Waals surface area contributed by atoms with Crippen LogP contribution < -0.4 is 10.6 Å². The number of nitrogens with zero attached hydrogens (tertiary/aromatic N) is 1. The zero-order valence-corrected chi connectivity index (χ0v) is 14.1. The number of urea groups is 1. The lowest BCUT2D eigenvalue weighted by atomic mass is 9.96. The summed E-state index contributed by atoms with van der Waals surface area (Å²) < 4.78 is 0. The minimum Gasteiger partial charge on any atom is -0.480 e. The van der Waals surface area contributed by atoms with Crippen LogP contribution in [0.25, 0.3) is 0 Å². The Labute approximate surface area is 142 Å². The van der Waals surface area contributed by atoms with Gasteiger partial charge in [-0.05, 0) is 32.2 Å². The minimum atomic E-state index is -0.904. The molecule has 1 aliphatic carbocycles. The van der Waals surface area contributed by atoms with Crippen molar-refractivity contribution < 1.29 is 19.5 Å². The van der Waals surface area contributed by atoms with Crippen LogP contribution in [0.1, 0.15) is 51.4 Å². The highest BCUT2D eigenvalue weighted by Gasteiger charge is 2.30. The monoisotopic (exact) mass is 347 g/mol. The molecule has 1 heterocycles. The molecule has 0 aromatic heterocycles. The molecule has 23 heavy (non-hydrogen) atoms. The fourth-order valence-corrected chi connectivity index (χ4v) is 3.28. The maximum absolute atomic E-state index is 11.9. The van der Waals surface area contributed by atoms with E-state index in [1.54, 1.807) is 4.90 Å². The van der Waals surface area contributed by atoms with E-state index in [9.17, 15) is 14.4 Å². The standard InChI is InChI=1S/C15H25N3O4.ClH/c19-13(10-18-9-5-4-8-12(18)14(20)21)17-15(22)16-11-6-2-1-3-7-11;/h11-12H,1-10H2,(H,20,21)(H2,16,17,19,22);1H. The van der Waals surface area contributed by atoms with Gasteiger partial charge in [-0.25, -0.2) is 4.79 Å². The number of nitrogens with one attached hydrogen (secondary N) is 2. The molecule has 0 aromatic carbocycles. The molecule has 1 atom stereocenters. The third-order valence-corrected chi connectivity index (χ3v) is 4.44. The quantitative estimate of drug-likeness (QED) is 0.716. The molecule has 2 fully saturated rings. The molecule has 132 valence electrons. The number of piperidine rings is 1. The lowest BCUT2D eigenvalue weighted by molar-refractivity contribution is -0.145. The molecule has 0 spiro atoms. The molecular weight excluding hydrogens is 322 g/mol. The van der Waals surface area contributed by atoms with Crippen molar-refractivity contribution in [1.29, 1.82) is 0 Å². The second kappa shape index (κ2) is 9.72. The van der Waals surface area contributed by atoms with Crippen molar-refractivity contribution in [3.05, 3.63) is 0 Å². The number of hydrogen-bond acceptors (Lipinski definition) is 4. The molecule has 2 rings (SSSR count). The summed E-state index contributed by atoms with van der Waals surface area (Å²) in [5.41, 5.74) is 0. The largest absolute Gasteiger partial charge is 0.480 e. The average Bonchev–Trinajstić information content (AvgIpc) is 2.48. The van der Waals surface area contributed by atoms with Gasteiger partial charge in [-0.3, -0.25) is 19.8 Å². The van der Waals surface area contributed by atoms with Crippen LogP contribution in [-0.2, 0) is 9.59 Å². The van der Waals surface area contributed by atoms with E-state index in [0.29, 0.717) is 13.0 Å². The number of rotatable bonds is 4. The zero-order chi connectivity index (χ0) is 15.9. The molecular formula is C15H26ClN3O4. The normalized spacial score (nSPS) is 22.7. The summed E-state index contributed by atoms with van der Waals surface area (Å²) in [7, 11) is 0. The van der Waals surface area contributed by atoms with Crippen LogP contribution in [0.3, 0.4) is 0 Å². The Morgan fingerprint density at radius 1 is 1.00 bits per heavy atom. The van der Waals surface area contributed by atoms with E-state index in [2.05, 4.69) is 10.6 Å². The Balaban J connectivity index is 0.00000264. The summed E-state index contributed by atoms with van der Waals surface area (Å²) in [5.74, 6) is -1.35. The van der Waals surface area contributed by atoms with Gasteiger partial charge in [-0.2, -0.15) is 0 Å². The van der Waals surface area contributed by atoms with Crippen LogP contribution in [0, 0.1) is 0 Å². The fraction of sp³-hybridized carbons (Fsp3) is 0.800. The molecule has 8 heteroatoms. The number of carboxylic acids is 1. The maximum Gasteiger partial charge on any atom is 0.321 e. The third-order valence-electron chi connectivity index (χ3n) is 4.44. The number of likely N-dealkylation sites (tertiary alicyclic amines) is 1. The first-order chi connectivity index (χ1) is 10.6. The van der Waals surface area contributed by atoms with Gasteiger partial charge in [0.2, 0.25) is 5.91 Å². The van der Waals surface area contributed by atoms with Gasteiger partial charge in [0, 0.05) is 6.04 Å². The van der Waals surface area contributed by atoms with Crippen LogP contribution in [0.15, 0.2) is 0 Å². The molecule has 1 unspecified atom stereocenters. The van der Waals surface area contributed by atoms with Gasteiger partial charge in [0.25, 0.3) is 0 Å². The molecule has 1 aliphatic heterocycles. The predicted octanol–water partition coefficient (Wildman–Crippen LogP) is 1.51. The van der Waals surface area contributed by atoms with E-state index in [1.165, 1.54) is 6.42 Å². The Hall–Kier alpha value is -1.34. The van der Waals surface area contributed by atoms with Crippen molar-refractivity contribution in [1.82, 2.24) is 15.5 Å². The van der Waals surface area contributed by atoms with E-state index < -0.39 is 23.9 Å². The van der Waals surface area contributed by atoms with Crippen LogP contribution >= 0.6 is 12.4 Å². The summed E-state index contributed by atoms with van der Waals surface area (Å²) in [6, 6.07) is -0.954. The minimum absolute atomic E-state index is 0. The molecule has 0 radical (unpaired) electrons. The lowest BCUT2D eigenvalue weighted by Gasteiger charge is -2.32. The van der Waals surface area contributed by atoms with Crippen molar-refractivity contribution >= 4 is 30.3 Å². The van der Waals surface area contributed by atoms with E-state index in [-0.39, 0.29) is 25.0 Å². The van der Waals surface area contributed by atoms with Gasteiger partial charge in [-0.15, -0.1) is 12.4 Å². The van der Waals surface area contributed by atoms with Crippen LogP contribution in [0.2, 0.25) is 0 Å². The summed E-state index contributed by atoms with van der Waals surface area (Å²) >= 11 is 0. The molecule has 1 saturated heterocycles. The second-order valence-corrected chi connectivity index (χ2v) is 6.18. The Morgan fingerprint density at radius 2 is 1.65 bits per heavy atom. The van der Waals surface area contributed by atoms with Gasteiger partial charge in [0.15, 0.2) is 0 Å². The third kappa shape index (κ3) is 6.35. The van der Waals surface area contributed by atoms with Crippen molar-refractivity contribution in [2.45, 2.75) is 63.5 Å². The van der Waals surface area contributed by atoms with Gasteiger partial charge < -0.3 is 10.4 Å². The lowest BCUT2D eigenvalue weighted by Crippen LogP contribution is -2.52. The van der Waals surface area contributed by atoms with Crippen molar-refractivity contribution in [3.8, 4) is 0 Å². The van der Waals surface area contributed by atoms with Gasteiger partial charge in [-0.1, -0.05) is 25.7 Å². The van der Waals surface area contributed by atoms with E-state index in [0.717, 1.165) is 38.5 Å². The van der Waals surface area contributed by atoms with E-state index in [1.807, 2.05) is 0 Å². The topological polar surface area (TPSA) is 98.7 Å². The number of halogens is 1. The summed E-state index contributed by atoms with van der Waals surface area (Å²) in [4.78, 5) is 36.5. The van der Waals surface area contributed by atoms with Crippen molar-refractivity contribution in [2.24, 2.45) is 0 Å². The molecule has 3 amide bonds. The van der Waals surface area contributed by atoms with Gasteiger partial charge >= 0.3 is 12.0 Å². The van der Waals surface area contributed by atoms with E-state index >= 15 is 0 Å². The first-order valence-electron chi connectivity index (χ1n) is 8.13. The van der Waals surface area contributed by atoms with Gasteiger partial charge in [0.1, 0.15) is 6.04 Å². The Morgan fingerprint density at radius 3 is 2.30 bits per heavy atom. The van der Waals surface area contributed by atoms with Crippen molar-refractivity contribution in [3.63, 3.8) is 0 Å². The smallest absolute Gasteiger partial charge is 0.321 e. The Kier molecular flexibility index (Phi) is 8.33. The molecule has 1 saturated carbocycles. The predicted molar refractivity (Wildman–Crippen MR) is 87.6 cm³/mol. The molecule has 7 nitrogen and oxygen atoms in total. The molecule has 2 aliphatic rings. The number of imide groups is 1. The van der Waals surface area contributed by atoms with Crippen LogP contribution in [-0.4, -0.2) is 53.1 Å². The maximum atomic E-state index is 11.9. The number of hydrogen-bond donors (Lipinski definition) is 3. The van der Waals surface area contributed by atoms with Gasteiger partial charge in [0.05, 0.1) is 6.54 Å². The summed E-state index contributed by atoms with van der Waals surface area (Å²) in [6.45, 7) is 0.531. The number of carbonyl (C=O) groups excluding carboxylic acids is 2. The highest BCUT2D eigenvalue weighted by molar-refractivity contribution is 5.95. The molecule has 0 aromatic rings. The first kappa shape index (κ1) is 19.7. The first-order valence-corrected chi connectivity index (χ1v) is 8.13. The SMILES string of the molecule is Cl.O=C(CN1CCCCC1C(=O)O)NC(=O)NC1CCCCC1. The molecule has 0 bridgehead atoms. The highest BCUT2D eigenvalue weighted by atomic mass is 35.5. The Bertz CT molecular complexity index is 427. The van der Waals surface area contributed by atoms with Crippen LogP contribution in [0.5, 0.6) is 0 Å². The average molecular weight is 348 g/mol. The number of amides is 3. The number of aliphatic carboxylic acids is 1. The summed E-state index contributed by atoms with van der Waals surface area (Å²) in [6.07, 6.45) is 7.60. The van der Waals surface area contributed by atoms with E-state index in [4.69, 9.17) is 5.11 Å². The summed E-state index contributed by atoms with van der Waals surface area (Å²) in [5, 5.41) is 14.3. The van der Waals surface area contributed by atoms with Crippen molar-refractivity contribution in [2.75, 3.05) is 13.1 Å². The zero-order valence-electron chi connectivity index (χ0n) is 13.3. The second-order valence-electron chi connectivity index (χ2n) is 6.18. The fourth-order valence-electron chi connectivity index (χ4n) is 3.28.